The van der Waals surface area contributed by atoms with E-state index in [1.165, 1.54) is 12.8 Å². The van der Waals surface area contributed by atoms with E-state index in [2.05, 4.69) is 11.9 Å². The highest BCUT2D eigenvalue weighted by atomic mass is 16.2. The molecule has 0 aromatic carbocycles. The van der Waals surface area contributed by atoms with Gasteiger partial charge in [-0.05, 0) is 52.2 Å². The lowest BCUT2D eigenvalue weighted by molar-refractivity contribution is -0.136. The summed E-state index contributed by atoms with van der Waals surface area (Å²) in [6.07, 6.45) is 5.64. The molecule has 0 N–H and O–H groups in total. The minimum absolute atomic E-state index is 0.0238. The Morgan fingerprint density at radius 2 is 1.60 bits per heavy atom. The average Bonchev–Trinajstić information content (AvgIpc) is 2.45. The zero-order valence-electron chi connectivity index (χ0n) is 9.96. The van der Waals surface area contributed by atoms with Crippen LogP contribution in [0, 0.1) is 5.41 Å². The summed E-state index contributed by atoms with van der Waals surface area (Å²) in [6.45, 7) is 3.27. The molecule has 0 saturated carbocycles. The first-order chi connectivity index (χ1) is 7.14. The van der Waals surface area contributed by atoms with Crippen molar-refractivity contribution < 1.29 is 4.79 Å². The summed E-state index contributed by atoms with van der Waals surface area (Å²) >= 11 is 0. The largest absolute Gasteiger partial charge is 0.345 e. The van der Waals surface area contributed by atoms with Crippen molar-refractivity contribution >= 4 is 5.91 Å². The van der Waals surface area contributed by atoms with E-state index in [-0.39, 0.29) is 5.41 Å². The highest BCUT2D eigenvalue weighted by Crippen LogP contribution is 2.41. The third kappa shape index (κ3) is 2.03. The molecule has 2 saturated heterocycles. The molecule has 3 heteroatoms. The second-order valence-corrected chi connectivity index (χ2v) is 5.27. The molecule has 1 spiro atoms. The molecular formula is C12H22N2O. The Hall–Kier alpha value is -0.570. The molecule has 2 fully saturated rings. The first-order valence-electron chi connectivity index (χ1n) is 6.08. The average molecular weight is 210 g/mol. The molecule has 0 aliphatic carbocycles. The Labute approximate surface area is 92.4 Å². The Morgan fingerprint density at radius 3 is 2.07 bits per heavy atom. The molecule has 0 unspecified atom stereocenters. The van der Waals surface area contributed by atoms with Crippen molar-refractivity contribution in [3.63, 3.8) is 0 Å². The minimum atomic E-state index is 0.0238. The fourth-order valence-electron chi connectivity index (χ4n) is 3.07. The molecule has 86 valence electrons. The van der Waals surface area contributed by atoms with Crippen LogP contribution in [0.1, 0.15) is 32.1 Å². The zero-order chi connectivity index (χ0) is 10.9. The third-order valence-electron chi connectivity index (χ3n) is 4.12. The van der Waals surface area contributed by atoms with Gasteiger partial charge in [0.1, 0.15) is 0 Å². The molecule has 0 radical (unpaired) electrons. The van der Waals surface area contributed by atoms with Crippen molar-refractivity contribution in [3.8, 4) is 0 Å². The van der Waals surface area contributed by atoms with E-state index in [0.717, 1.165) is 38.9 Å². The van der Waals surface area contributed by atoms with Crippen LogP contribution in [-0.2, 0) is 4.79 Å². The van der Waals surface area contributed by atoms with Gasteiger partial charge >= 0.3 is 0 Å². The van der Waals surface area contributed by atoms with E-state index in [1.807, 2.05) is 11.9 Å². The van der Waals surface area contributed by atoms with Gasteiger partial charge in [-0.1, -0.05) is 0 Å². The summed E-state index contributed by atoms with van der Waals surface area (Å²) in [4.78, 5) is 16.4. The standard InChI is InChI=1S/C12H22N2O/c1-13-8-3-5-12(6-4-9-13)7-10-14(2)11(12)15/h3-10H2,1-2H3. The van der Waals surface area contributed by atoms with Crippen molar-refractivity contribution in [2.75, 3.05) is 33.7 Å². The number of nitrogens with zero attached hydrogens (tertiary/aromatic N) is 2. The number of carbonyl (C=O) groups excluding carboxylic acids is 1. The molecular weight excluding hydrogens is 188 g/mol. The van der Waals surface area contributed by atoms with Gasteiger partial charge in [-0.2, -0.15) is 0 Å². The van der Waals surface area contributed by atoms with Crippen LogP contribution in [0.4, 0.5) is 0 Å². The van der Waals surface area contributed by atoms with Gasteiger partial charge in [0.25, 0.3) is 0 Å². The van der Waals surface area contributed by atoms with Crippen molar-refractivity contribution in [1.29, 1.82) is 0 Å². The van der Waals surface area contributed by atoms with Gasteiger partial charge < -0.3 is 9.80 Å². The maximum absolute atomic E-state index is 12.1. The van der Waals surface area contributed by atoms with Crippen LogP contribution in [-0.4, -0.2) is 49.4 Å². The molecule has 2 aliphatic heterocycles. The molecule has 15 heavy (non-hydrogen) atoms. The van der Waals surface area contributed by atoms with Crippen molar-refractivity contribution in [1.82, 2.24) is 9.80 Å². The van der Waals surface area contributed by atoms with Crippen LogP contribution < -0.4 is 0 Å². The molecule has 2 rings (SSSR count). The molecule has 1 amide bonds. The lowest BCUT2D eigenvalue weighted by Crippen LogP contribution is -2.36. The Balaban J connectivity index is 2.05. The van der Waals surface area contributed by atoms with Crippen LogP contribution in [0.5, 0.6) is 0 Å². The van der Waals surface area contributed by atoms with Crippen molar-refractivity contribution in [2.45, 2.75) is 32.1 Å². The fraction of sp³-hybridized carbons (Fsp3) is 0.917. The molecule has 0 aromatic rings. The van der Waals surface area contributed by atoms with Gasteiger partial charge in [-0.25, -0.2) is 0 Å². The maximum atomic E-state index is 12.1. The predicted octanol–water partition coefficient (Wildman–Crippen LogP) is 1.34. The van der Waals surface area contributed by atoms with Gasteiger partial charge in [0, 0.05) is 13.6 Å². The summed E-state index contributed by atoms with van der Waals surface area (Å²) in [5.41, 5.74) is 0.0238. The van der Waals surface area contributed by atoms with E-state index in [1.54, 1.807) is 0 Å². The number of carbonyl (C=O) groups is 1. The summed E-state index contributed by atoms with van der Waals surface area (Å²) in [7, 11) is 4.13. The lowest BCUT2D eigenvalue weighted by Gasteiger charge is -2.31. The molecule has 2 heterocycles. The highest BCUT2D eigenvalue weighted by molar-refractivity contribution is 5.84. The summed E-state index contributed by atoms with van der Waals surface area (Å²) < 4.78 is 0. The number of hydrogen-bond donors (Lipinski definition) is 0. The Morgan fingerprint density at radius 1 is 1.00 bits per heavy atom. The smallest absolute Gasteiger partial charge is 0.228 e. The first kappa shape index (κ1) is 10.9. The van der Waals surface area contributed by atoms with Crippen LogP contribution in [0.2, 0.25) is 0 Å². The normalized spacial score (nSPS) is 28.1. The molecule has 0 aromatic heterocycles. The predicted molar refractivity (Wildman–Crippen MR) is 60.7 cm³/mol. The topological polar surface area (TPSA) is 23.6 Å². The lowest BCUT2D eigenvalue weighted by atomic mass is 9.77. The van der Waals surface area contributed by atoms with Gasteiger partial charge in [0.2, 0.25) is 5.91 Å². The number of amides is 1. The van der Waals surface area contributed by atoms with Crippen LogP contribution in [0.3, 0.4) is 0 Å². The van der Waals surface area contributed by atoms with E-state index < -0.39 is 0 Å². The monoisotopic (exact) mass is 210 g/mol. The number of likely N-dealkylation sites (tertiary alicyclic amines) is 2. The summed E-state index contributed by atoms with van der Waals surface area (Å²) in [5, 5.41) is 0. The highest BCUT2D eigenvalue weighted by Gasteiger charge is 2.44. The second kappa shape index (κ2) is 4.12. The minimum Gasteiger partial charge on any atom is -0.345 e. The van der Waals surface area contributed by atoms with Crippen LogP contribution in [0.25, 0.3) is 0 Å². The zero-order valence-corrected chi connectivity index (χ0v) is 9.96. The van der Waals surface area contributed by atoms with E-state index in [0.29, 0.717) is 5.91 Å². The third-order valence-corrected chi connectivity index (χ3v) is 4.12. The molecule has 0 bridgehead atoms. The fourth-order valence-corrected chi connectivity index (χ4v) is 3.07. The van der Waals surface area contributed by atoms with Gasteiger partial charge in [0.05, 0.1) is 5.41 Å². The van der Waals surface area contributed by atoms with Crippen LogP contribution >= 0.6 is 0 Å². The molecule has 3 nitrogen and oxygen atoms in total. The number of hydrogen-bond acceptors (Lipinski definition) is 2. The Kier molecular flexibility index (Phi) is 3.01. The van der Waals surface area contributed by atoms with Crippen molar-refractivity contribution in [3.05, 3.63) is 0 Å². The quantitative estimate of drug-likeness (QED) is 0.602. The van der Waals surface area contributed by atoms with Gasteiger partial charge in [-0.15, -0.1) is 0 Å². The van der Waals surface area contributed by atoms with Gasteiger partial charge in [-0.3, -0.25) is 4.79 Å². The summed E-state index contributed by atoms with van der Waals surface area (Å²) in [5.74, 6) is 0.409. The van der Waals surface area contributed by atoms with E-state index in [4.69, 9.17) is 0 Å². The van der Waals surface area contributed by atoms with Crippen molar-refractivity contribution in [2.24, 2.45) is 5.41 Å². The number of rotatable bonds is 0. The van der Waals surface area contributed by atoms with E-state index in [9.17, 15) is 4.79 Å². The maximum Gasteiger partial charge on any atom is 0.228 e. The SMILES string of the molecule is CN1CCCC2(CCC1)CCN(C)C2=O. The first-order valence-corrected chi connectivity index (χ1v) is 6.08. The molecule has 2 aliphatic rings. The summed E-state index contributed by atoms with van der Waals surface area (Å²) in [6, 6.07) is 0. The van der Waals surface area contributed by atoms with Gasteiger partial charge in [0.15, 0.2) is 0 Å². The second-order valence-electron chi connectivity index (χ2n) is 5.27. The molecule has 0 atom stereocenters. The van der Waals surface area contributed by atoms with E-state index >= 15 is 0 Å². The Bertz CT molecular complexity index is 242. The van der Waals surface area contributed by atoms with Crippen LogP contribution in [0.15, 0.2) is 0 Å².